The lowest BCUT2D eigenvalue weighted by atomic mass is 9.97. The van der Waals surface area contributed by atoms with E-state index in [0.29, 0.717) is 34.0 Å². The number of benzene rings is 2. The molecule has 1 N–H and O–H groups in total. The summed E-state index contributed by atoms with van der Waals surface area (Å²) in [6, 6.07) is 14.3. The van der Waals surface area contributed by atoms with E-state index in [1.54, 1.807) is 55.3 Å². The number of rotatable bonds is 9. The first-order chi connectivity index (χ1) is 16.9. The van der Waals surface area contributed by atoms with Crippen molar-refractivity contribution in [2.75, 3.05) is 27.9 Å². The fourth-order valence-corrected chi connectivity index (χ4v) is 3.74. The molecule has 1 heterocycles. The van der Waals surface area contributed by atoms with Crippen LogP contribution in [0.3, 0.4) is 0 Å². The number of carbonyl (C=O) groups excluding carboxylic acids is 2. The largest absolute Gasteiger partial charge is 0.496 e. The summed E-state index contributed by atoms with van der Waals surface area (Å²) in [6.45, 7) is 4.28. The molecule has 0 aliphatic carbocycles. The summed E-state index contributed by atoms with van der Waals surface area (Å²) < 4.78 is 17.7. The maximum Gasteiger partial charge on any atom is 0.358 e. The minimum atomic E-state index is -0.585. The quantitative estimate of drug-likeness (QED) is 0.365. The van der Waals surface area contributed by atoms with Gasteiger partial charge in [0.05, 0.1) is 50.8 Å². The van der Waals surface area contributed by atoms with Gasteiger partial charge in [0.25, 0.3) is 5.91 Å². The van der Waals surface area contributed by atoms with Crippen molar-refractivity contribution in [3.8, 4) is 34.5 Å². The van der Waals surface area contributed by atoms with Crippen molar-refractivity contribution in [2.45, 2.75) is 26.2 Å². The Labute approximate surface area is 204 Å². The van der Waals surface area contributed by atoms with Gasteiger partial charge in [-0.2, -0.15) is 10.4 Å². The molecule has 1 aromatic heterocycles. The van der Waals surface area contributed by atoms with Gasteiger partial charge in [-0.1, -0.05) is 19.9 Å². The summed E-state index contributed by atoms with van der Waals surface area (Å²) in [5, 5.41) is 16.0. The highest BCUT2D eigenvalue weighted by Gasteiger charge is 2.24. The SMILES string of the molecule is COC(=O)c1cc(-c2c(OC)cccc2OC)n(-c2ccc(C(=O)NCCC#N)cc2C(C)C)n1. The van der Waals surface area contributed by atoms with E-state index in [9.17, 15) is 9.59 Å². The van der Waals surface area contributed by atoms with Crippen LogP contribution >= 0.6 is 0 Å². The summed E-state index contributed by atoms with van der Waals surface area (Å²) >= 11 is 0. The number of carbonyl (C=O) groups is 2. The number of nitrogens with zero attached hydrogens (tertiary/aromatic N) is 3. The fourth-order valence-electron chi connectivity index (χ4n) is 3.74. The first kappa shape index (κ1) is 25.3. The van der Waals surface area contributed by atoms with E-state index in [0.717, 1.165) is 5.56 Å². The van der Waals surface area contributed by atoms with Gasteiger partial charge in [0.1, 0.15) is 11.5 Å². The van der Waals surface area contributed by atoms with Crippen LogP contribution in [0.25, 0.3) is 16.9 Å². The zero-order valence-corrected chi connectivity index (χ0v) is 20.4. The van der Waals surface area contributed by atoms with Gasteiger partial charge >= 0.3 is 5.97 Å². The molecule has 0 atom stereocenters. The molecule has 35 heavy (non-hydrogen) atoms. The van der Waals surface area contributed by atoms with Crippen LogP contribution in [0.2, 0.25) is 0 Å². The van der Waals surface area contributed by atoms with Crippen LogP contribution in [0.15, 0.2) is 42.5 Å². The van der Waals surface area contributed by atoms with E-state index in [-0.39, 0.29) is 30.5 Å². The number of hydrogen-bond acceptors (Lipinski definition) is 7. The highest BCUT2D eigenvalue weighted by atomic mass is 16.5. The number of amides is 1. The van der Waals surface area contributed by atoms with Gasteiger partial charge in [0.15, 0.2) is 5.69 Å². The monoisotopic (exact) mass is 476 g/mol. The van der Waals surface area contributed by atoms with E-state index >= 15 is 0 Å². The molecule has 182 valence electrons. The molecule has 9 nitrogen and oxygen atoms in total. The van der Waals surface area contributed by atoms with E-state index in [2.05, 4.69) is 10.4 Å². The van der Waals surface area contributed by atoms with E-state index < -0.39 is 5.97 Å². The number of ether oxygens (including phenoxy) is 3. The summed E-state index contributed by atoms with van der Waals surface area (Å²) in [4.78, 5) is 25.0. The van der Waals surface area contributed by atoms with E-state index in [4.69, 9.17) is 19.5 Å². The molecule has 3 rings (SSSR count). The summed E-state index contributed by atoms with van der Waals surface area (Å²) in [6.07, 6.45) is 0.231. The van der Waals surface area contributed by atoms with Crippen molar-refractivity contribution in [3.05, 3.63) is 59.3 Å². The van der Waals surface area contributed by atoms with Crippen LogP contribution in [-0.2, 0) is 4.74 Å². The Morgan fingerprint density at radius 2 is 1.77 bits per heavy atom. The number of nitriles is 1. The Kier molecular flexibility index (Phi) is 8.10. The van der Waals surface area contributed by atoms with Crippen LogP contribution in [0, 0.1) is 11.3 Å². The number of methoxy groups -OCH3 is 3. The molecule has 0 radical (unpaired) electrons. The lowest BCUT2D eigenvalue weighted by molar-refractivity contribution is 0.0593. The second kappa shape index (κ2) is 11.2. The maximum absolute atomic E-state index is 12.6. The van der Waals surface area contributed by atoms with Gasteiger partial charge in [-0.15, -0.1) is 0 Å². The molecule has 3 aromatic rings. The van der Waals surface area contributed by atoms with Crippen molar-refractivity contribution < 1.29 is 23.8 Å². The van der Waals surface area contributed by atoms with E-state index in [1.165, 1.54) is 7.11 Å². The second-order valence-corrected chi connectivity index (χ2v) is 7.95. The molecule has 0 unspecified atom stereocenters. The number of esters is 1. The molecule has 0 fully saturated rings. The molecule has 0 saturated heterocycles. The number of hydrogen-bond donors (Lipinski definition) is 1. The van der Waals surface area contributed by atoms with Gasteiger partial charge < -0.3 is 19.5 Å². The predicted octanol–water partition coefficient (Wildman–Crippen LogP) is 4.11. The third kappa shape index (κ3) is 5.27. The van der Waals surface area contributed by atoms with Gasteiger partial charge in [-0.3, -0.25) is 4.79 Å². The number of aromatic nitrogens is 2. The Morgan fingerprint density at radius 1 is 1.09 bits per heavy atom. The molecule has 0 saturated carbocycles. The predicted molar refractivity (Wildman–Crippen MR) is 130 cm³/mol. The van der Waals surface area contributed by atoms with Crippen LogP contribution < -0.4 is 14.8 Å². The number of nitrogens with one attached hydrogen (secondary N) is 1. The summed E-state index contributed by atoms with van der Waals surface area (Å²) in [5.74, 6) is 0.257. The van der Waals surface area contributed by atoms with Crippen molar-refractivity contribution in [3.63, 3.8) is 0 Å². The average Bonchev–Trinajstić information content (AvgIpc) is 3.32. The first-order valence-corrected chi connectivity index (χ1v) is 11.0. The smallest absolute Gasteiger partial charge is 0.358 e. The minimum absolute atomic E-state index is 0.0232. The Hall–Kier alpha value is -4.32. The standard InChI is InChI=1S/C26H28N4O5/c1-16(2)18-14-17(25(31)28-13-7-12-27)10-11-20(18)30-21(15-19(29-30)26(32)35-5)24-22(33-3)8-6-9-23(24)34-4/h6,8-11,14-16H,7,13H2,1-5H3,(H,28,31). The highest BCUT2D eigenvalue weighted by Crippen LogP contribution is 2.40. The minimum Gasteiger partial charge on any atom is -0.496 e. The Balaban J connectivity index is 2.24. The highest BCUT2D eigenvalue weighted by molar-refractivity contribution is 5.95. The van der Waals surface area contributed by atoms with Crippen molar-refractivity contribution in [2.24, 2.45) is 0 Å². The molecule has 0 bridgehead atoms. The topological polar surface area (TPSA) is 115 Å². The van der Waals surface area contributed by atoms with Crippen LogP contribution in [0.1, 0.15) is 52.6 Å². The lowest BCUT2D eigenvalue weighted by Gasteiger charge is -2.18. The molecular weight excluding hydrogens is 448 g/mol. The third-order valence-electron chi connectivity index (χ3n) is 5.45. The molecule has 1 amide bonds. The Morgan fingerprint density at radius 3 is 2.34 bits per heavy atom. The molecule has 9 heteroatoms. The fraction of sp³-hybridized carbons (Fsp3) is 0.308. The van der Waals surface area contributed by atoms with Gasteiger partial charge in [0.2, 0.25) is 0 Å². The van der Waals surface area contributed by atoms with Crippen molar-refractivity contribution >= 4 is 11.9 Å². The molecule has 0 aliphatic heterocycles. The Bertz CT molecular complexity index is 1250. The molecule has 2 aromatic carbocycles. The van der Waals surface area contributed by atoms with Crippen molar-refractivity contribution in [1.29, 1.82) is 5.26 Å². The second-order valence-electron chi connectivity index (χ2n) is 7.95. The normalized spacial score (nSPS) is 10.5. The molecular formula is C26H28N4O5. The average molecular weight is 477 g/mol. The zero-order valence-electron chi connectivity index (χ0n) is 20.4. The lowest BCUT2D eigenvalue weighted by Crippen LogP contribution is -2.24. The zero-order chi connectivity index (χ0) is 25.5. The van der Waals surface area contributed by atoms with E-state index in [1.807, 2.05) is 26.0 Å². The maximum atomic E-state index is 12.6. The van der Waals surface area contributed by atoms with Crippen LogP contribution in [0.4, 0.5) is 0 Å². The molecule has 0 aliphatic rings. The summed E-state index contributed by atoms with van der Waals surface area (Å²) in [7, 11) is 4.41. The third-order valence-corrected chi connectivity index (χ3v) is 5.45. The van der Waals surface area contributed by atoms with Gasteiger partial charge in [-0.05, 0) is 47.9 Å². The van der Waals surface area contributed by atoms with Crippen LogP contribution in [-0.4, -0.2) is 49.5 Å². The van der Waals surface area contributed by atoms with Crippen LogP contribution in [0.5, 0.6) is 11.5 Å². The first-order valence-electron chi connectivity index (χ1n) is 11.0. The van der Waals surface area contributed by atoms with Gasteiger partial charge in [0, 0.05) is 12.1 Å². The molecule has 0 spiro atoms. The van der Waals surface area contributed by atoms with Crippen molar-refractivity contribution in [1.82, 2.24) is 15.1 Å². The van der Waals surface area contributed by atoms with Gasteiger partial charge in [-0.25, -0.2) is 9.48 Å². The summed E-state index contributed by atoms with van der Waals surface area (Å²) in [5.41, 5.74) is 3.29.